The first-order chi connectivity index (χ1) is 15.0. The van der Waals surface area contributed by atoms with Gasteiger partial charge in [0.15, 0.2) is 0 Å². The number of benzene rings is 1. The molecule has 168 valence electrons. The van der Waals surface area contributed by atoms with Gasteiger partial charge < -0.3 is 20.7 Å². The molecule has 0 spiro atoms. The summed E-state index contributed by atoms with van der Waals surface area (Å²) in [6.07, 6.45) is 4.99. The van der Waals surface area contributed by atoms with Crippen LogP contribution in [-0.4, -0.2) is 52.0 Å². The Morgan fingerprint density at radius 3 is 2.52 bits per heavy atom. The van der Waals surface area contributed by atoms with Crippen LogP contribution < -0.4 is 10.6 Å². The summed E-state index contributed by atoms with van der Waals surface area (Å²) < 4.78 is 0. The molecule has 0 radical (unpaired) electrons. The van der Waals surface area contributed by atoms with E-state index in [2.05, 4.69) is 21.7 Å². The van der Waals surface area contributed by atoms with Crippen molar-refractivity contribution in [3.8, 4) is 0 Å². The van der Waals surface area contributed by atoms with Crippen LogP contribution in [0.1, 0.15) is 43.4 Å². The highest BCUT2D eigenvalue weighted by Crippen LogP contribution is 2.26. The number of fused-ring (bicyclic) bond motifs is 1. The number of para-hydroxylation sites is 1. The first kappa shape index (κ1) is 23.2. The van der Waals surface area contributed by atoms with Crippen molar-refractivity contribution in [2.75, 3.05) is 11.5 Å². The molecule has 1 atom stereocenters. The van der Waals surface area contributed by atoms with E-state index in [0.717, 1.165) is 65.8 Å². The molecule has 1 aromatic carbocycles. The molecular weight excluding hydrogens is 414 g/mol. The Hall–Kier alpha value is -2.48. The predicted octanol–water partition coefficient (Wildman–Crippen LogP) is 3.02. The fraction of sp³-hybridized carbons (Fsp3) is 0.522. The highest BCUT2D eigenvalue weighted by atomic mass is 32.2. The van der Waals surface area contributed by atoms with Gasteiger partial charge in [0.2, 0.25) is 11.8 Å². The van der Waals surface area contributed by atoms with E-state index >= 15 is 0 Å². The summed E-state index contributed by atoms with van der Waals surface area (Å²) >= 11 is 1.92. The Kier molecular flexibility index (Phi) is 8.40. The standard InChI is InChI=1S/C22H29N3O2S.CH2O2/c1-14-19(18-4-2-3-5-20(18)23-14)12-21(26)24-16-8-6-15(7-9-16)22(27)25-17-10-11-28-13-17;2-1-3/h2-5,15-17,23H,6-13H2,1H3,(H,24,26)(H,25,27);1H,(H,2,3). The molecule has 7 nitrogen and oxygen atoms in total. The summed E-state index contributed by atoms with van der Waals surface area (Å²) in [4.78, 5) is 36.8. The summed E-state index contributed by atoms with van der Waals surface area (Å²) in [6.45, 7) is 1.77. The van der Waals surface area contributed by atoms with Crippen molar-refractivity contribution in [3.63, 3.8) is 0 Å². The molecule has 2 fully saturated rings. The van der Waals surface area contributed by atoms with Gasteiger partial charge in [-0.15, -0.1) is 0 Å². The molecule has 2 aliphatic rings. The number of aromatic amines is 1. The van der Waals surface area contributed by atoms with Crippen LogP contribution in [0.3, 0.4) is 0 Å². The third-order valence-corrected chi connectivity index (χ3v) is 7.27. The van der Waals surface area contributed by atoms with Gasteiger partial charge in [-0.2, -0.15) is 11.8 Å². The first-order valence-electron chi connectivity index (χ1n) is 10.8. The third-order valence-electron chi connectivity index (χ3n) is 6.10. The second-order valence-electron chi connectivity index (χ2n) is 8.24. The fourth-order valence-electron chi connectivity index (χ4n) is 4.47. The van der Waals surface area contributed by atoms with Gasteiger partial charge in [0.1, 0.15) is 0 Å². The molecule has 1 aliphatic heterocycles. The molecule has 8 heteroatoms. The number of amides is 2. The zero-order valence-corrected chi connectivity index (χ0v) is 18.7. The van der Waals surface area contributed by atoms with Crippen LogP contribution in [0.4, 0.5) is 0 Å². The Balaban J connectivity index is 0.000000858. The van der Waals surface area contributed by atoms with Crippen molar-refractivity contribution < 1.29 is 19.5 Å². The normalized spacial score (nSPS) is 22.9. The molecule has 1 unspecified atom stereocenters. The van der Waals surface area contributed by atoms with Crippen molar-refractivity contribution in [1.82, 2.24) is 15.6 Å². The number of aromatic nitrogens is 1. The maximum atomic E-state index is 12.6. The zero-order chi connectivity index (χ0) is 22.2. The number of aryl methyl sites for hydroxylation is 1. The fourth-order valence-corrected chi connectivity index (χ4v) is 5.62. The lowest BCUT2D eigenvalue weighted by atomic mass is 9.85. The third kappa shape index (κ3) is 6.26. The number of nitrogens with one attached hydrogen (secondary N) is 3. The number of thioether (sulfide) groups is 1. The lowest BCUT2D eigenvalue weighted by molar-refractivity contribution is -0.127. The Bertz CT molecular complexity index is 899. The van der Waals surface area contributed by atoms with Gasteiger partial charge in [-0.1, -0.05) is 18.2 Å². The van der Waals surface area contributed by atoms with Gasteiger partial charge in [0.25, 0.3) is 6.47 Å². The van der Waals surface area contributed by atoms with E-state index in [9.17, 15) is 9.59 Å². The summed E-state index contributed by atoms with van der Waals surface area (Å²) in [5.74, 6) is 2.59. The number of rotatable bonds is 5. The summed E-state index contributed by atoms with van der Waals surface area (Å²) in [7, 11) is 0. The van der Waals surface area contributed by atoms with Crippen LogP contribution in [-0.2, 0) is 20.8 Å². The molecule has 0 bridgehead atoms. The van der Waals surface area contributed by atoms with E-state index in [1.54, 1.807) is 0 Å². The van der Waals surface area contributed by atoms with E-state index in [1.807, 2.05) is 36.9 Å². The smallest absolute Gasteiger partial charge is 0.290 e. The van der Waals surface area contributed by atoms with Gasteiger partial charge >= 0.3 is 0 Å². The number of carboxylic acid groups (broad SMARTS) is 1. The lowest BCUT2D eigenvalue weighted by Gasteiger charge is -2.29. The SMILES string of the molecule is Cc1[nH]c2ccccc2c1CC(=O)NC1CCC(C(=O)NC2CCSC2)CC1.O=CO. The first-order valence-corrected chi connectivity index (χ1v) is 12.0. The summed E-state index contributed by atoms with van der Waals surface area (Å²) in [6, 6.07) is 8.66. The molecule has 4 N–H and O–H groups in total. The Labute approximate surface area is 186 Å². The van der Waals surface area contributed by atoms with Crippen LogP contribution in [0.5, 0.6) is 0 Å². The molecule has 1 saturated carbocycles. The average Bonchev–Trinajstić information content (AvgIpc) is 3.37. The van der Waals surface area contributed by atoms with E-state index < -0.39 is 0 Å². The molecule has 2 heterocycles. The molecule has 2 aromatic rings. The van der Waals surface area contributed by atoms with Gasteiger partial charge in [-0.3, -0.25) is 14.4 Å². The maximum absolute atomic E-state index is 12.6. The van der Waals surface area contributed by atoms with Gasteiger partial charge in [-0.05, 0) is 56.4 Å². The molecule has 1 aromatic heterocycles. The van der Waals surface area contributed by atoms with E-state index in [4.69, 9.17) is 9.90 Å². The minimum Gasteiger partial charge on any atom is -0.483 e. The monoisotopic (exact) mass is 445 g/mol. The zero-order valence-electron chi connectivity index (χ0n) is 17.9. The molecule has 4 rings (SSSR count). The van der Waals surface area contributed by atoms with Crippen molar-refractivity contribution in [1.29, 1.82) is 0 Å². The topological polar surface area (TPSA) is 111 Å². The number of hydrogen-bond donors (Lipinski definition) is 4. The Morgan fingerprint density at radius 2 is 1.84 bits per heavy atom. The van der Waals surface area contributed by atoms with Crippen molar-refractivity contribution >= 4 is 41.0 Å². The van der Waals surface area contributed by atoms with Crippen LogP contribution in [0, 0.1) is 12.8 Å². The summed E-state index contributed by atoms with van der Waals surface area (Å²) in [5.41, 5.74) is 3.22. The van der Waals surface area contributed by atoms with Crippen molar-refractivity contribution in [3.05, 3.63) is 35.5 Å². The molecule has 1 aliphatic carbocycles. The molecule has 2 amide bonds. The predicted molar refractivity (Wildman–Crippen MR) is 123 cm³/mol. The van der Waals surface area contributed by atoms with Gasteiger partial charge in [-0.25, -0.2) is 0 Å². The van der Waals surface area contributed by atoms with E-state index in [-0.39, 0.29) is 30.2 Å². The van der Waals surface area contributed by atoms with E-state index in [1.165, 1.54) is 0 Å². The lowest BCUT2D eigenvalue weighted by Crippen LogP contribution is -2.43. The van der Waals surface area contributed by atoms with Crippen LogP contribution in [0.2, 0.25) is 0 Å². The van der Waals surface area contributed by atoms with Crippen LogP contribution in [0.25, 0.3) is 10.9 Å². The largest absolute Gasteiger partial charge is 0.483 e. The molecule has 1 saturated heterocycles. The van der Waals surface area contributed by atoms with Crippen molar-refractivity contribution in [2.24, 2.45) is 5.92 Å². The van der Waals surface area contributed by atoms with Gasteiger partial charge in [0, 0.05) is 40.4 Å². The quantitative estimate of drug-likeness (QED) is 0.529. The Morgan fingerprint density at radius 1 is 1.13 bits per heavy atom. The second kappa shape index (κ2) is 11.2. The summed E-state index contributed by atoms with van der Waals surface area (Å²) in [5, 5.41) is 14.4. The number of carbonyl (C=O) groups is 3. The maximum Gasteiger partial charge on any atom is 0.290 e. The van der Waals surface area contributed by atoms with Crippen LogP contribution in [0.15, 0.2) is 24.3 Å². The molecule has 31 heavy (non-hydrogen) atoms. The van der Waals surface area contributed by atoms with E-state index in [0.29, 0.717) is 12.5 Å². The highest BCUT2D eigenvalue weighted by Gasteiger charge is 2.29. The number of hydrogen-bond acceptors (Lipinski definition) is 4. The van der Waals surface area contributed by atoms with Crippen molar-refractivity contribution in [2.45, 2.75) is 57.5 Å². The minimum atomic E-state index is -0.250. The minimum absolute atomic E-state index is 0.0729. The highest BCUT2D eigenvalue weighted by molar-refractivity contribution is 7.99. The number of H-pyrrole nitrogens is 1. The number of carbonyl (C=O) groups excluding carboxylic acids is 2. The van der Waals surface area contributed by atoms with Gasteiger partial charge in [0.05, 0.1) is 6.42 Å². The van der Waals surface area contributed by atoms with Crippen LogP contribution >= 0.6 is 11.8 Å². The average molecular weight is 446 g/mol. The second-order valence-corrected chi connectivity index (χ2v) is 9.39. The molecular formula is C23H31N3O4S.